The van der Waals surface area contributed by atoms with Gasteiger partial charge in [0.05, 0.1) is 18.8 Å². The fourth-order valence-electron chi connectivity index (χ4n) is 1.73. The van der Waals surface area contributed by atoms with Crippen molar-refractivity contribution in [1.29, 1.82) is 0 Å². The van der Waals surface area contributed by atoms with Crippen molar-refractivity contribution in [2.75, 3.05) is 6.61 Å². The molecule has 1 aromatic carbocycles. The first-order valence-electron chi connectivity index (χ1n) is 6.44. The lowest BCUT2D eigenvalue weighted by Crippen LogP contribution is -2.20. The van der Waals surface area contributed by atoms with Crippen molar-refractivity contribution in [3.63, 3.8) is 0 Å². The minimum absolute atomic E-state index is 0.126. The predicted octanol–water partition coefficient (Wildman–Crippen LogP) is 3.23. The molecule has 20 heavy (non-hydrogen) atoms. The minimum Gasteiger partial charge on any atom is -0.377 e. The summed E-state index contributed by atoms with van der Waals surface area (Å²) in [5.74, 6) is 0.938. The molecule has 0 bridgehead atoms. The van der Waals surface area contributed by atoms with Crippen LogP contribution in [0.5, 0.6) is 0 Å². The molecule has 0 aliphatic carbocycles. The number of nitrogens with two attached hydrogens (primary N) is 1. The first-order chi connectivity index (χ1) is 9.47. The molecular formula is C14H18BrN3O2. The summed E-state index contributed by atoms with van der Waals surface area (Å²) in [6.07, 6.45) is 0.126. The van der Waals surface area contributed by atoms with Gasteiger partial charge in [-0.3, -0.25) is 0 Å². The van der Waals surface area contributed by atoms with E-state index in [4.69, 9.17) is 15.0 Å². The lowest BCUT2D eigenvalue weighted by molar-refractivity contribution is 0.0665. The molecule has 0 radical (unpaired) electrons. The highest BCUT2D eigenvalue weighted by Gasteiger charge is 2.17. The van der Waals surface area contributed by atoms with Gasteiger partial charge in [-0.25, -0.2) is 0 Å². The van der Waals surface area contributed by atoms with Gasteiger partial charge < -0.3 is 15.0 Å². The molecule has 0 spiro atoms. The smallest absolute Gasteiger partial charge is 0.258 e. The molecule has 2 rings (SSSR count). The van der Waals surface area contributed by atoms with Crippen molar-refractivity contribution in [2.45, 2.75) is 32.9 Å². The Balaban J connectivity index is 2.16. The van der Waals surface area contributed by atoms with Crippen LogP contribution in [0.2, 0.25) is 0 Å². The fraction of sp³-hybridized carbons (Fsp3) is 0.429. The van der Waals surface area contributed by atoms with Gasteiger partial charge >= 0.3 is 0 Å². The van der Waals surface area contributed by atoms with E-state index in [0.717, 1.165) is 15.6 Å². The molecule has 2 N–H and O–H groups in total. The molecule has 1 heterocycles. The zero-order chi connectivity index (χ0) is 14.7. The van der Waals surface area contributed by atoms with Gasteiger partial charge in [-0.2, -0.15) is 4.98 Å². The first kappa shape index (κ1) is 15.2. The van der Waals surface area contributed by atoms with Gasteiger partial charge in [0, 0.05) is 10.0 Å². The van der Waals surface area contributed by atoms with Crippen molar-refractivity contribution in [3.05, 3.63) is 34.1 Å². The summed E-state index contributed by atoms with van der Waals surface area (Å²) in [7, 11) is 0. The van der Waals surface area contributed by atoms with Gasteiger partial charge in [0.2, 0.25) is 0 Å². The average molecular weight is 340 g/mol. The predicted molar refractivity (Wildman–Crippen MR) is 80.2 cm³/mol. The summed E-state index contributed by atoms with van der Waals surface area (Å²) in [5.41, 5.74) is 7.94. The Morgan fingerprint density at radius 1 is 1.40 bits per heavy atom. The summed E-state index contributed by atoms with van der Waals surface area (Å²) in [6, 6.07) is 5.49. The Kier molecular flexibility index (Phi) is 4.91. The van der Waals surface area contributed by atoms with E-state index in [1.165, 1.54) is 0 Å². The molecule has 0 aliphatic rings. The molecule has 1 aromatic heterocycles. The molecule has 0 saturated carbocycles. The number of aryl methyl sites for hydroxylation is 1. The van der Waals surface area contributed by atoms with Gasteiger partial charge in [-0.15, -0.1) is 0 Å². The molecule has 0 aliphatic heterocycles. The Labute approximate surface area is 126 Å². The van der Waals surface area contributed by atoms with E-state index in [2.05, 4.69) is 26.1 Å². The Morgan fingerprint density at radius 3 is 2.80 bits per heavy atom. The maximum atomic E-state index is 5.98. The molecule has 0 fully saturated rings. The van der Waals surface area contributed by atoms with E-state index >= 15 is 0 Å². The molecule has 1 unspecified atom stereocenters. The number of ether oxygens (including phenoxy) is 1. The van der Waals surface area contributed by atoms with E-state index in [-0.39, 0.29) is 12.1 Å². The number of aromatic nitrogens is 2. The third-order valence-electron chi connectivity index (χ3n) is 2.80. The van der Waals surface area contributed by atoms with E-state index in [1.807, 2.05) is 39.0 Å². The van der Waals surface area contributed by atoms with Crippen LogP contribution in [-0.2, 0) is 4.74 Å². The third-order valence-corrected chi connectivity index (χ3v) is 3.29. The summed E-state index contributed by atoms with van der Waals surface area (Å²) in [5, 5.41) is 3.93. The second-order valence-electron chi connectivity index (χ2n) is 4.91. The lowest BCUT2D eigenvalue weighted by Gasteiger charge is -2.10. The standard InChI is InChI=1S/C14H18BrN3O2/c1-8(2)19-7-12(16)13-17-14(20-18-13)11-5-4-10(15)6-9(11)3/h4-6,8,12H,7,16H2,1-3H3. The van der Waals surface area contributed by atoms with Crippen LogP contribution in [0, 0.1) is 6.92 Å². The SMILES string of the molecule is Cc1cc(Br)ccc1-c1nc(C(N)COC(C)C)no1. The van der Waals surface area contributed by atoms with E-state index < -0.39 is 0 Å². The minimum atomic E-state index is -0.384. The second kappa shape index (κ2) is 6.47. The van der Waals surface area contributed by atoms with Crippen molar-refractivity contribution in [1.82, 2.24) is 10.1 Å². The molecular weight excluding hydrogens is 322 g/mol. The molecule has 0 amide bonds. The number of hydrogen-bond acceptors (Lipinski definition) is 5. The quantitative estimate of drug-likeness (QED) is 0.904. The van der Waals surface area contributed by atoms with E-state index in [0.29, 0.717) is 18.3 Å². The number of rotatable bonds is 5. The molecule has 0 saturated heterocycles. The summed E-state index contributed by atoms with van der Waals surface area (Å²) in [6.45, 7) is 6.28. The average Bonchev–Trinajstić information content (AvgIpc) is 2.85. The maximum Gasteiger partial charge on any atom is 0.258 e. The Hall–Kier alpha value is -1.24. The summed E-state index contributed by atoms with van der Waals surface area (Å²) < 4.78 is 11.8. The van der Waals surface area contributed by atoms with Gasteiger partial charge in [-0.1, -0.05) is 21.1 Å². The number of benzene rings is 1. The van der Waals surface area contributed by atoms with Gasteiger partial charge in [0.1, 0.15) is 0 Å². The van der Waals surface area contributed by atoms with Crippen LogP contribution in [0.25, 0.3) is 11.5 Å². The molecule has 5 nitrogen and oxygen atoms in total. The second-order valence-corrected chi connectivity index (χ2v) is 5.82. The largest absolute Gasteiger partial charge is 0.377 e. The fourth-order valence-corrected chi connectivity index (χ4v) is 2.21. The van der Waals surface area contributed by atoms with Crippen molar-refractivity contribution in [3.8, 4) is 11.5 Å². The maximum absolute atomic E-state index is 5.98. The van der Waals surface area contributed by atoms with Gasteiger partial charge in [-0.05, 0) is 44.5 Å². The highest BCUT2D eigenvalue weighted by atomic mass is 79.9. The molecule has 108 valence electrons. The summed E-state index contributed by atoms with van der Waals surface area (Å²) >= 11 is 3.43. The van der Waals surface area contributed by atoms with Crippen LogP contribution >= 0.6 is 15.9 Å². The first-order valence-corrected chi connectivity index (χ1v) is 7.24. The summed E-state index contributed by atoms with van der Waals surface area (Å²) in [4.78, 5) is 4.35. The van der Waals surface area contributed by atoms with E-state index in [9.17, 15) is 0 Å². The highest BCUT2D eigenvalue weighted by molar-refractivity contribution is 9.10. The lowest BCUT2D eigenvalue weighted by atomic mass is 10.1. The van der Waals surface area contributed by atoms with Crippen LogP contribution in [0.1, 0.15) is 31.3 Å². The molecule has 1 atom stereocenters. The topological polar surface area (TPSA) is 74.2 Å². The molecule has 2 aromatic rings. The van der Waals surface area contributed by atoms with Crippen molar-refractivity contribution < 1.29 is 9.26 Å². The zero-order valence-electron chi connectivity index (χ0n) is 11.8. The number of hydrogen-bond donors (Lipinski definition) is 1. The zero-order valence-corrected chi connectivity index (χ0v) is 13.3. The third kappa shape index (κ3) is 3.65. The van der Waals surface area contributed by atoms with Crippen LogP contribution in [0.4, 0.5) is 0 Å². The van der Waals surface area contributed by atoms with Crippen LogP contribution in [-0.4, -0.2) is 22.9 Å². The number of nitrogens with zero attached hydrogens (tertiary/aromatic N) is 2. The monoisotopic (exact) mass is 339 g/mol. The Bertz CT molecular complexity index is 584. The van der Waals surface area contributed by atoms with Crippen LogP contribution in [0.3, 0.4) is 0 Å². The van der Waals surface area contributed by atoms with Crippen molar-refractivity contribution in [2.24, 2.45) is 5.73 Å². The van der Waals surface area contributed by atoms with E-state index in [1.54, 1.807) is 0 Å². The van der Waals surface area contributed by atoms with Crippen LogP contribution in [0.15, 0.2) is 27.2 Å². The van der Waals surface area contributed by atoms with Crippen LogP contribution < -0.4 is 5.73 Å². The number of halogens is 1. The normalized spacial score (nSPS) is 12.9. The van der Waals surface area contributed by atoms with Gasteiger partial charge in [0.25, 0.3) is 5.89 Å². The van der Waals surface area contributed by atoms with Crippen molar-refractivity contribution >= 4 is 15.9 Å². The Morgan fingerprint density at radius 2 is 2.15 bits per heavy atom. The molecule has 6 heteroatoms. The van der Waals surface area contributed by atoms with Gasteiger partial charge in [0.15, 0.2) is 5.82 Å². The highest BCUT2D eigenvalue weighted by Crippen LogP contribution is 2.25.